The van der Waals surface area contributed by atoms with Gasteiger partial charge in [-0.25, -0.2) is 0 Å². The molecule has 26 heavy (non-hydrogen) atoms. The van der Waals surface area contributed by atoms with E-state index in [0.717, 1.165) is 37.5 Å². The molecule has 0 saturated carbocycles. The average Bonchev–Trinajstić information content (AvgIpc) is 3.13. The summed E-state index contributed by atoms with van der Waals surface area (Å²) in [5, 5.41) is 5.27. The highest BCUT2D eigenvalue weighted by atomic mass is 32.1. The van der Waals surface area contributed by atoms with Crippen molar-refractivity contribution in [1.82, 2.24) is 10.2 Å². The van der Waals surface area contributed by atoms with Gasteiger partial charge in [-0.05, 0) is 44.2 Å². The molecule has 1 atom stereocenters. The van der Waals surface area contributed by atoms with Crippen molar-refractivity contribution in [2.75, 3.05) is 45.2 Å². The summed E-state index contributed by atoms with van der Waals surface area (Å²) in [6, 6.07) is 12.1. The van der Waals surface area contributed by atoms with E-state index in [4.69, 9.17) is 4.74 Å². The van der Waals surface area contributed by atoms with Crippen molar-refractivity contribution < 1.29 is 9.53 Å². The molecule has 1 aromatic heterocycles. The molecule has 0 spiro atoms. The van der Waals surface area contributed by atoms with E-state index in [2.05, 4.69) is 34.8 Å². The van der Waals surface area contributed by atoms with E-state index in [1.54, 1.807) is 11.3 Å². The molecule has 0 radical (unpaired) electrons. The molecule has 1 amide bonds. The first kappa shape index (κ1) is 18.9. The summed E-state index contributed by atoms with van der Waals surface area (Å²) in [5.74, 6) is 0.985. The molecule has 3 rings (SSSR count). The predicted octanol–water partition coefficient (Wildman–Crippen LogP) is 3.15. The maximum Gasteiger partial charge on any atom is 0.228 e. The number of benzene rings is 1. The summed E-state index contributed by atoms with van der Waals surface area (Å²) in [4.78, 5) is 17.8. The number of nitrogens with zero attached hydrogens (tertiary/aromatic N) is 2. The van der Waals surface area contributed by atoms with E-state index < -0.39 is 0 Å². The Hall–Kier alpha value is -1.89. The van der Waals surface area contributed by atoms with Crippen molar-refractivity contribution in [3.05, 3.63) is 46.7 Å². The lowest BCUT2D eigenvalue weighted by Gasteiger charge is -2.23. The first-order valence-electron chi connectivity index (χ1n) is 9.11. The highest BCUT2D eigenvalue weighted by Gasteiger charge is 2.21. The number of rotatable bonds is 7. The maximum atomic E-state index is 12.5. The smallest absolute Gasteiger partial charge is 0.228 e. The van der Waals surface area contributed by atoms with Gasteiger partial charge in [0.25, 0.3) is 0 Å². The Kier molecular flexibility index (Phi) is 6.66. The molecule has 0 bridgehead atoms. The van der Waals surface area contributed by atoms with Crippen LogP contribution in [0.5, 0.6) is 5.75 Å². The predicted molar refractivity (Wildman–Crippen MR) is 107 cm³/mol. The largest absolute Gasteiger partial charge is 0.485 e. The van der Waals surface area contributed by atoms with Crippen molar-refractivity contribution >= 4 is 22.9 Å². The second kappa shape index (κ2) is 9.16. The van der Waals surface area contributed by atoms with Crippen molar-refractivity contribution in [1.29, 1.82) is 0 Å². The Morgan fingerprint density at radius 3 is 2.88 bits per heavy atom. The first-order chi connectivity index (χ1) is 12.7. The molecule has 6 heteroatoms. The molecule has 1 saturated heterocycles. The van der Waals surface area contributed by atoms with Crippen LogP contribution in [0.4, 0.5) is 5.69 Å². The van der Waals surface area contributed by atoms with Crippen molar-refractivity contribution in [2.45, 2.75) is 18.9 Å². The van der Waals surface area contributed by atoms with Gasteiger partial charge in [-0.2, -0.15) is 0 Å². The van der Waals surface area contributed by atoms with Gasteiger partial charge in [0.2, 0.25) is 5.91 Å². The van der Waals surface area contributed by atoms with Crippen LogP contribution in [-0.4, -0.2) is 51.1 Å². The standard InChI is InChI=1S/C20H27N3O2S/c1-21-10-8-18(19-7-4-14-26-19)25-17-6-3-5-16(15-17)23-13-12-22(2)11-9-20(23)24/h3-7,14-15,18,21H,8-13H2,1-2H3. The van der Waals surface area contributed by atoms with Gasteiger partial charge in [0.05, 0.1) is 0 Å². The normalized spacial score (nSPS) is 17.2. The number of carbonyl (C=O) groups is 1. The Morgan fingerprint density at radius 2 is 2.12 bits per heavy atom. The molecule has 1 aliphatic heterocycles. The number of nitrogens with one attached hydrogen (secondary N) is 1. The minimum atomic E-state index is 0.0173. The monoisotopic (exact) mass is 373 g/mol. The molecule has 1 N–H and O–H groups in total. The summed E-state index contributed by atoms with van der Waals surface area (Å²) in [6.07, 6.45) is 1.47. The third kappa shape index (κ3) is 4.84. The lowest BCUT2D eigenvalue weighted by atomic mass is 10.2. The number of thiophene rings is 1. The number of hydrogen-bond acceptors (Lipinski definition) is 5. The summed E-state index contributed by atoms with van der Waals surface area (Å²) < 4.78 is 6.30. The number of anilines is 1. The van der Waals surface area contributed by atoms with Crippen LogP contribution in [-0.2, 0) is 4.79 Å². The van der Waals surface area contributed by atoms with Crippen molar-refractivity contribution in [2.24, 2.45) is 0 Å². The zero-order chi connectivity index (χ0) is 18.4. The summed E-state index contributed by atoms with van der Waals surface area (Å²) >= 11 is 1.71. The van der Waals surface area contributed by atoms with Crippen LogP contribution >= 0.6 is 11.3 Å². The van der Waals surface area contributed by atoms with Gasteiger partial charge in [0, 0.05) is 49.1 Å². The van der Waals surface area contributed by atoms with Crippen LogP contribution in [0.1, 0.15) is 23.8 Å². The minimum Gasteiger partial charge on any atom is -0.485 e. The Bertz CT molecular complexity index is 705. The van der Waals surface area contributed by atoms with Gasteiger partial charge in [-0.1, -0.05) is 12.1 Å². The van der Waals surface area contributed by atoms with Crippen LogP contribution in [0, 0.1) is 0 Å². The maximum absolute atomic E-state index is 12.5. The topological polar surface area (TPSA) is 44.8 Å². The van der Waals surface area contributed by atoms with Gasteiger partial charge in [0.1, 0.15) is 11.9 Å². The second-order valence-electron chi connectivity index (χ2n) is 6.61. The van der Waals surface area contributed by atoms with Gasteiger partial charge >= 0.3 is 0 Å². The molecule has 0 aliphatic carbocycles. The molecule has 1 aliphatic rings. The Balaban J connectivity index is 1.76. The number of hydrogen-bond donors (Lipinski definition) is 1. The zero-order valence-electron chi connectivity index (χ0n) is 15.5. The van der Waals surface area contributed by atoms with E-state index in [1.807, 2.05) is 36.2 Å². The third-order valence-electron chi connectivity index (χ3n) is 4.64. The molecule has 140 valence electrons. The Labute approximate surface area is 159 Å². The van der Waals surface area contributed by atoms with E-state index in [0.29, 0.717) is 13.0 Å². The van der Waals surface area contributed by atoms with Gasteiger partial charge in [-0.3, -0.25) is 4.79 Å². The van der Waals surface area contributed by atoms with Crippen LogP contribution in [0.2, 0.25) is 0 Å². The van der Waals surface area contributed by atoms with E-state index in [1.165, 1.54) is 4.88 Å². The summed E-state index contributed by atoms with van der Waals surface area (Å²) in [6.45, 7) is 3.30. The van der Waals surface area contributed by atoms with E-state index in [9.17, 15) is 4.79 Å². The summed E-state index contributed by atoms with van der Waals surface area (Å²) in [5.41, 5.74) is 0.918. The van der Waals surface area contributed by atoms with Gasteiger partial charge in [-0.15, -0.1) is 11.3 Å². The third-order valence-corrected chi connectivity index (χ3v) is 5.60. The number of amides is 1. The van der Waals surface area contributed by atoms with Crippen molar-refractivity contribution in [3.63, 3.8) is 0 Å². The van der Waals surface area contributed by atoms with Crippen LogP contribution in [0.3, 0.4) is 0 Å². The lowest BCUT2D eigenvalue weighted by Crippen LogP contribution is -2.32. The van der Waals surface area contributed by atoms with E-state index >= 15 is 0 Å². The van der Waals surface area contributed by atoms with Crippen LogP contribution in [0.15, 0.2) is 41.8 Å². The lowest BCUT2D eigenvalue weighted by molar-refractivity contribution is -0.118. The first-order valence-corrected chi connectivity index (χ1v) is 9.99. The fraction of sp³-hybridized carbons (Fsp3) is 0.450. The van der Waals surface area contributed by atoms with Crippen molar-refractivity contribution in [3.8, 4) is 5.75 Å². The Morgan fingerprint density at radius 1 is 1.23 bits per heavy atom. The fourth-order valence-corrected chi connectivity index (χ4v) is 3.89. The van der Waals surface area contributed by atoms with Gasteiger partial charge < -0.3 is 19.9 Å². The van der Waals surface area contributed by atoms with Gasteiger partial charge in [0.15, 0.2) is 0 Å². The quantitative estimate of drug-likeness (QED) is 0.810. The fourth-order valence-electron chi connectivity index (χ4n) is 3.10. The SMILES string of the molecule is CNCCC(Oc1cccc(N2CCN(C)CCC2=O)c1)c1cccs1. The molecule has 2 aromatic rings. The molecule has 1 unspecified atom stereocenters. The molecule has 1 aromatic carbocycles. The molecular formula is C20H27N3O2S. The molecule has 1 fully saturated rings. The number of carbonyl (C=O) groups excluding carboxylic acids is 1. The average molecular weight is 374 g/mol. The second-order valence-corrected chi connectivity index (χ2v) is 7.59. The van der Waals surface area contributed by atoms with E-state index in [-0.39, 0.29) is 12.0 Å². The minimum absolute atomic E-state index is 0.0173. The highest BCUT2D eigenvalue weighted by molar-refractivity contribution is 7.10. The zero-order valence-corrected chi connectivity index (χ0v) is 16.3. The van der Waals surface area contributed by atoms with Crippen LogP contribution in [0.25, 0.3) is 0 Å². The van der Waals surface area contributed by atoms with Crippen LogP contribution < -0.4 is 15.0 Å². The summed E-state index contributed by atoms with van der Waals surface area (Å²) in [7, 11) is 4.01. The number of ether oxygens (including phenoxy) is 1. The number of likely N-dealkylation sites (N-methyl/N-ethyl adjacent to an activating group) is 1. The molecule has 5 nitrogen and oxygen atoms in total. The molecule has 2 heterocycles. The molecular weight excluding hydrogens is 346 g/mol. The highest BCUT2D eigenvalue weighted by Crippen LogP contribution is 2.30.